The standard InChI is InChI=1S/C14H20F3N5OS/c15-14(16,17)11-4-6-20-13(21-11)19-5-2-1-3-10(18)12(23)22-7-8-24-9-22/h4,6,10H,1-3,5,7-9,18H2,(H,19,20,21)/t10-/m0/s1. The Morgan fingerprint density at radius 1 is 1.46 bits per heavy atom. The van der Waals surface area contributed by atoms with Crippen molar-refractivity contribution in [1.82, 2.24) is 14.9 Å². The quantitative estimate of drug-likeness (QED) is 0.721. The fourth-order valence-electron chi connectivity index (χ4n) is 2.24. The number of carbonyl (C=O) groups excluding carboxylic acids is 1. The number of carbonyl (C=O) groups is 1. The SMILES string of the molecule is N[C@@H](CCCCNc1nccc(C(F)(F)F)n1)C(=O)N1CCSC1. The second-order valence-electron chi connectivity index (χ2n) is 5.43. The summed E-state index contributed by atoms with van der Waals surface area (Å²) in [6, 6.07) is 0.306. The van der Waals surface area contributed by atoms with Crippen molar-refractivity contribution in [2.75, 3.05) is 30.0 Å². The molecule has 0 spiro atoms. The number of nitrogens with zero attached hydrogens (tertiary/aromatic N) is 3. The van der Waals surface area contributed by atoms with Gasteiger partial charge < -0.3 is 16.0 Å². The molecule has 1 atom stereocenters. The summed E-state index contributed by atoms with van der Waals surface area (Å²) >= 11 is 1.71. The molecular formula is C14H20F3N5OS. The van der Waals surface area contributed by atoms with E-state index in [0.717, 1.165) is 24.6 Å². The second-order valence-corrected chi connectivity index (χ2v) is 6.51. The molecule has 3 N–H and O–H groups in total. The number of anilines is 1. The van der Waals surface area contributed by atoms with E-state index < -0.39 is 17.9 Å². The van der Waals surface area contributed by atoms with E-state index in [2.05, 4.69) is 15.3 Å². The number of halogens is 3. The van der Waals surface area contributed by atoms with Gasteiger partial charge in [0.05, 0.1) is 11.9 Å². The highest BCUT2D eigenvalue weighted by atomic mass is 32.2. The Balaban J connectivity index is 1.67. The van der Waals surface area contributed by atoms with Crippen LogP contribution >= 0.6 is 11.8 Å². The molecule has 0 aromatic carbocycles. The van der Waals surface area contributed by atoms with Gasteiger partial charge >= 0.3 is 6.18 Å². The molecule has 1 saturated heterocycles. The molecule has 1 aliphatic heterocycles. The Labute approximate surface area is 142 Å². The van der Waals surface area contributed by atoms with E-state index in [4.69, 9.17) is 5.73 Å². The highest BCUT2D eigenvalue weighted by molar-refractivity contribution is 7.99. The minimum absolute atomic E-state index is 0.0332. The molecule has 134 valence electrons. The lowest BCUT2D eigenvalue weighted by Crippen LogP contribution is -2.42. The number of thioether (sulfide) groups is 1. The van der Waals surface area contributed by atoms with Gasteiger partial charge in [0.1, 0.15) is 5.69 Å². The van der Waals surface area contributed by atoms with Gasteiger partial charge in [-0.15, -0.1) is 11.8 Å². The average Bonchev–Trinajstić information content (AvgIpc) is 3.07. The second kappa shape index (κ2) is 8.52. The summed E-state index contributed by atoms with van der Waals surface area (Å²) in [5, 5.41) is 2.75. The van der Waals surface area contributed by atoms with E-state index in [1.807, 2.05) is 0 Å². The first kappa shape index (κ1) is 18.8. The first-order valence-corrected chi connectivity index (χ1v) is 8.79. The van der Waals surface area contributed by atoms with Crippen LogP contribution in [0, 0.1) is 0 Å². The Bertz CT molecular complexity index is 551. The van der Waals surface area contributed by atoms with Crippen molar-refractivity contribution in [3.8, 4) is 0 Å². The zero-order chi connectivity index (χ0) is 17.6. The minimum Gasteiger partial charge on any atom is -0.354 e. The average molecular weight is 363 g/mol. The number of aromatic nitrogens is 2. The molecule has 0 saturated carbocycles. The predicted molar refractivity (Wildman–Crippen MR) is 86.4 cm³/mol. The van der Waals surface area contributed by atoms with Crippen LogP contribution in [0.3, 0.4) is 0 Å². The molecule has 10 heteroatoms. The smallest absolute Gasteiger partial charge is 0.354 e. The van der Waals surface area contributed by atoms with Crippen LogP contribution in [0.2, 0.25) is 0 Å². The molecule has 1 aromatic heterocycles. The number of alkyl halides is 3. The summed E-state index contributed by atoms with van der Waals surface area (Å²) in [5.74, 6) is 1.55. The van der Waals surface area contributed by atoms with E-state index in [-0.39, 0.29) is 11.9 Å². The fourth-order valence-corrected chi connectivity index (χ4v) is 3.19. The number of rotatable bonds is 7. The van der Waals surface area contributed by atoms with Gasteiger partial charge in [-0.25, -0.2) is 9.97 Å². The molecule has 0 aliphatic carbocycles. The number of hydrogen-bond donors (Lipinski definition) is 2. The van der Waals surface area contributed by atoms with Crippen molar-refractivity contribution in [2.45, 2.75) is 31.5 Å². The monoisotopic (exact) mass is 363 g/mol. The van der Waals surface area contributed by atoms with Gasteiger partial charge in [0.2, 0.25) is 11.9 Å². The van der Waals surface area contributed by atoms with Crippen molar-refractivity contribution >= 4 is 23.6 Å². The first-order chi connectivity index (χ1) is 11.4. The molecule has 2 rings (SSSR count). The number of nitrogens with one attached hydrogen (secondary N) is 1. The Morgan fingerprint density at radius 3 is 2.92 bits per heavy atom. The third-order valence-electron chi connectivity index (χ3n) is 3.55. The summed E-state index contributed by atoms with van der Waals surface area (Å²) in [5.41, 5.74) is 4.91. The van der Waals surface area contributed by atoms with E-state index in [9.17, 15) is 18.0 Å². The topological polar surface area (TPSA) is 84.1 Å². The minimum atomic E-state index is -4.49. The van der Waals surface area contributed by atoms with Crippen LogP contribution in [0.5, 0.6) is 0 Å². The maximum Gasteiger partial charge on any atom is 0.433 e. The van der Waals surface area contributed by atoms with E-state index in [0.29, 0.717) is 31.7 Å². The summed E-state index contributed by atoms with van der Waals surface area (Å²) in [6.07, 6.45) is -1.51. The molecule has 0 bridgehead atoms. The van der Waals surface area contributed by atoms with E-state index in [1.54, 1.807) is 16.7 Å². The summed E-state index contributed by atoms with van der Waals surface area (Å²) < 4.78 is 37.6. The lowest BCUT2D eigenvalue weighted by Gasteiger charge is -2.19. The molecule has 1 aliphatic rings. The van der Waals surface area contributed by atoms with Gasteiger partial charge in [-0.3, -0.25) is 4.79 Å². The van der Waals surface area contributed by atoms with Crippen molar-refractivity contribution in [2.24, 2.45) is 5.73 Å². The third kappa shape index (κ3) is 5.52. The molecule has 1 aromatic rings. The molecule has 24 heavy (non-hydrogen) atoms. The van der Waals surface area contributed by atoms with Crippen molar-refractivity contribution in [1.29, 1.82) is 0 Å². The van der Waals surface area contributed by atoms with Crippen LogP contribution in [0.1, 0.15) is 25.0 Å². The molecule has 1 fully saturated rings. The van der Waals surface area contributed by atoms with Crippen LogP contribution in [0.4, 0.5) is 19.1 Å². The zero-order valence-electron chi connectivity index (χ0n) is 13.1. The fraction of sp³-hybridized carbons (Fsp3) is 0.643. The van der Waals surface area contributed by atoms with E-state index in [1.165, 1.54) is 0 Å². The maximum atomic E-state index is 12.5. The molecule has 6 nitrogen and oxygen atoms in total. The number of nitrogens with two attached hydrogens (primary N) is 1. The van der Waals surface area contributed by atoms with Gasteiger partial charge in [-0.2, -0.15) is 13.2 Å². The Kier molecular flexibility index (Phi) is 6.67. The first-order valence-electron chi connectivity index (χ1n) is 7.64. The normalized spacial score (nSPS) is 16.2. The van der Waals surface area contributed by atoms with Crippen LogP contribution in [-0.2, 0) is 11.0 Å². The van der Waals surface area contributed by atoms with Crippen molar-refractivity contribution in [3.05, 3.63) is 18.0 Å². The lowest BCUT2D eigenvalue weighted by molar-refractivity contribution is -0.141. The molecular weight excluding hydrogens is 343 g/mol. The number of amides is 1. The summed E-state index contributed by atoms with van der Waals surface area (Å²) in [4.78, 5) is 20.9. The van der Waals surface area contributed by atoms with Gasteiger partial charge in [0, 0.05) is 25.0 Å². The molecule has 1 amide bonds. The third-order valence-corrected chi connectivity index (χ3v) is 4.52. The Hall–Kier alpha value is -1.55. The van der Waals surface area contributed by atoms with Gasteiger partial charge in [-0.05, 0) is 25.3 Å². The highest BCUT2D eigenvalue weighted by Crippen LogP contribution is 2.27. The molecule has 0 radical (unpaired) electrons. The highest BCUT2D eigenvalue weighted by Gasteiger charge is 2.32. The van der Waals surface area contributed by atoms with Crippen LogP contribution in [0.15, 0.2) is 12.3 Å². The molecule has 2 heterocycles. The van der Waals surface area contributed by atoms with Crippen LogP contribution < -0.4 is 11.1 Å². The summed E-state index contributed by atoms with van der Waals surface area (Å²) in [6.45, 7) is 1.16. The number of unbranched alkanes of at least 4 members (excludes halogenated alkanes) is 1. The predicted octanol–water partition coefficient (Wildman–Crippen LogP) is 1.94. The largest absolute Gasteiger partial charge is 0.433 e. The van der Waals surface area contributed by atoms with Crippen molar-refractivity contribution in [3.63, 3.8) is 0 Å². The van der Waals surface area contributed by atoms with Crippen LogP contribution in [-0.4, -0.2) is 51.5 Å². The van der Waals surface area contributed by atoms with Gasteiger partial charge in [0.25, 0.3) is 0 Å². The maximum absolute atomic E-state index is 12.5. The van der Waals surface area contributed by atoms with Gasteiger partial charge in [0.15, 0.2) is 0 Å². The zero-order valence-corrected chi connectivity index (χ0v) is 13.9. The lowest BCUT2D eigenvalue weighted by atomic mass is 10.1. The summed E-state index contributed by atoms with van der Waals surface area (Å²) in [7, 11) is 0. The van der Waals surface area contributed by atoms with Crippen LogP contribution in [0.25, 0.3) is 0 Å². The van der Waals surface area contributed by atoms with Crippen molar-refractivity contribution < 1.29 is 18.0 Å². The van der Waals surface area contributed by atoms with E-state index >= 15 is 0 Å². The number of hydrogen-bond acceptors (Lipinski definition) is 6. The molecule has 0 unspecified atom stereocenters. The van der Waals surface area contributed by atoms with Gasteiger partial charge in [-0.1, -0.05) is 0 Å². The Morgan fingerprint density at radius 2 is 2.25 bits per heavy atom.